The molecule has 0 aliphatic carbocycles. The van der Waals surface area contributed by atoms with Gasteiger partial charge in [-0.05, 0) is 58.4 Å². The summed E-state index contributed by atoms with van der Waals surface area (Å²) in [6.07, 6.45) is 2.32. The standard InChI is InChI=1S/C28H42N4O7/c1-20(33)31-23(14-8-9-15-29-27(37)39-28(2,3)4)26(36)32-16-10-13-22(18-32)25(35)30-17-24(34)38-19-21-11-6-5-7-12-21/h5-7,11-12,22-23H,8-10,13-19H2,1-4H3,(H,29,37)(H,30,35)(H,31,33)/t22?,23-/m0/s1. The van der Waals surface area contributed by atoms with Crippen molar-refractivity contribution in [2.45, 2.75) is 78.0 Å². The third-order valence-electron chi connectivity index (χ3n) is 6.02. The Kier molecular flexibility index (Phi) is 12.7. The molecule has 1 aromatic rings. The van der Waals surface area contributed by atoms with Gasteiger partial charge in [-0.15, -0.1) is 0 Å². The van der Waals surface area contributed by atoms with Crippen LogP contribution in [0.25, 0.3) is 0 Å². The Balaban J connectivity index is 1.78. The number of amides is 4. The predicted octanol–water partition coefficient (Wildman–Crippen LogP) is 2.28. The summed E-state index contributed by atoms with van der Waals surface area (Å²) < 4.78 is 10.4. The quantitative estimate of drug-likeness (QED) is 0.270. The van der Waals surface area contributed by atoms with Crippen molar-refractivity contribution in [3.63, 3.8) is 0 Å². The lowest BCUT2D eigenvalue weighted by Gasteiger charge is -2.34. The van der Waals surface area contributed by atoms with Crippen LogP contribution in [0, 0.1) is 5.92 Å². The minimum absolute atomic E-state index is 0.128. The van der Waals surface area contributed by atoms with Crippen molar-refractivity contribution in [1.29, 1.82) is 0 Å². The van der Waals surface area contributed by atoms with Crippen LogP contribution < -0.4 is 16.0 Å². The number of benzene rings is 1. The van der Waals surface area contributed by atoms with E-state index >= 15 is 0 Å². The van der Waals surface area contributed by atoms with E-state index in [9.17, 15) is 24.0 Å². The van der Waals surface area contributed by atoms with Gasteiger partial charge < -0.3 is 30.3 Å². The highest BCUT2D eigenvalue weighted by Gasteiger charge is 2.32. The molecule has 4 amide bonds. The number of rotatable bonds is 12. The molecule has 0 bridgehead atoms. The predicted molar refractivity (Wildman–Crippen MR) is 144 cm³/mol. The molecule has 0 aromatic heterocycles. The van der Waals surface area contributed by atoms with E-state index in [0.717, 1.165) is 5.56 Å². The van der Waals surface area contributed by atoms with Gasteiger partial charge in [0.05, 0.1) is 5.92 Å². The maximum absolute atomic E-state index is 13.2. The van der Waals surface area contributed by atoms with E-state index in [1.54, 1.807) is 25.7 Å². The van der Waals surface area contributed by atoms with Gasteiger partial charge in [0.25, 0.3) is 0 Å². The number of piperidine rings is 1. The zero-order valence-electron chi connectivity index (χ0n) is 23.4. The van der Waals surface area contributed by atoms with Gasteiger partial charge in [0.15, 0.2) is 0 Å². The van der Waals surface area contributed by atoms with Crippen molar-refractivity contribution in [3.8, 4) is 0 Å². The van der Waals surface area contributed by atoms with Gasteiger partial charge in [0.1, 0.15) is 24.8 Å². The molecule has 11 nitrogen and oxygen atoms in total. The lowest BCUT2D eigenvalue weighted by Crippen LogP contribution is -2.53. The Morgan fingerprint density at radius 2 is 1.77 bits per heavy atom. The summed E-state index contributed by atoms with van der Waals surface area (Å²) in [5.74, 6) is -1.87. The Morgan fingerprint density at radius 1 is 1.05 bits per heavy atom. The summed E-state index contributed by atoms with van der Waals surface area (Å²) in [4.78, 5) is 63.1. The summed E-state index contributed by atoms with van der Waals surface area (Å²) in [7, 11) is 0. The number of ether oxygens (including phenoxy) is 2. The number of esters is 1. The zero-order valence-corrected chi connectivity index (χ0v) is 23.4. The Hall–Kier alpha value is -3.63. The van der Waals surface area contributed by atoms with E-state index < -0.39 is 29.6 Å². The van der Waals surface area contributed by atoms with Crippen LogP contribution in [0.3, 0.4) is 0 Å². The number of nitrogens with zero attached hydrogens (tertiary/aromatic N) is 1. The normalized spacial score (nSPS) is 16.0. The molecule has 3 N–H and O–H groups in total. The molecule has 1 aliphatic heterocycles. The third-order valence-corrected chi connectivity index (χ3v) is 6.02. The maximum Gasteiger partial charge on any atom is 0.407 e. The van der Waals surface area contributed by atoms with Crippen LogP contribution in [-0.2, 0) is 35.3 Å². The first-order valence-corrected chi connectivity index (χ1v) is 13.4. The fraction of sp³-hybridized carbons (Fsp3) is 0.607. The van der Waals surface area contributed by atoms with Crippen molar-refractivity contribution in [2.24, 2.45) is 5.92 Å². The number of hydrogen-bond donors (Lipinski definition) is 3. The number of alkyl carbamates (subject to hydrolysis) is 1. The first-order valence-electron chi connectivity index (χ1n) is 13.4. The smallest absolute Gasteiger partial charge is 0.407 e. The molecule has 1 saturated heterocycles. The number of nitrogens with one attached hydrogen (secondary N) is 3. The van der Waals surface area contributed by atoms with E-state index in [-0.39, 0.29) is 37.4 Å². The number of likely N-dealkylation sites (tertiary alicyclic amines) is 1. The molecule has 1 aromatic carbocycles. The van der Waals surface area contributed by atoms with Crippen LogP contribution in [0.2, 0.25) is 0 Å². The number of carbonyl (C=O) groups is 5. The minimum atomic E-state index is -0.723. The Labute approximate surface area is 230 Å². The zero-order chi connectivity index (χ0) is 28.8. The molecule has 1 aliphatic rings. The number of hydrogen-bond acceptors (Lipinski definition) is 7. The molecule has 2 rings (SSSR count). The fourth-order valence-corrected chi connectivity index (χ4v) is 4.19. The van der Waals surface area contributed by atoms with Gasteiger partial charge >= 0.3 is 12.1 Å². The van der Waals surface area contributed by atoms with Crippen molar-refractivity contribution in [2.75, 3.05) is 26.2 Å². The third kappa shape index (κ3) is 12.6. The monoisotopic (exact) mass is 546 g/mol. The van der Waals surface area contributed by atoms with Crippen LogP contribution in [0.15, 0.2) is 30.3 Å². The van der Waals surface area contributed by atoms with Gasteiger partial charge in [-0.1, -0.05) is 30.3 Å². The Morgan fingerprint density at radius 3 is 2.44 bits per heavy atom. The highest BCUT2D eigenvalue weighted by atomic mass is 16.6. The lowest BCUT2D eigenvalue weighted by atomic mass is 9.96. The highest BCUT2D eigenvalue weighted by molar-refractivity contribution is 5.88. The second-order valence-electron chi connectivity index (χ2n) is 10.7. The summed E-state index contributed by atoms with van der Waals surface area (Å²) in [6.45, 7) is 7.66. The van der Waals surface area contributed by atoms with Crippen molar-refractivity contribution in [1.82, 2.24) is 20.9 Å². The lowest BCUT2D eigenvalue weighted by molar-refractivity contribution is -0.146. The van der Waals surface area contributed by atoms with Crippen molar-refractivity contribution < 1.29 is 33.4 Å². The Bertz CT molecular complexity index is 978. The first-order chi connectivity index (χ1) is 18.4. The van der Waals surface area contributed by atoms with E-state index in [2.05, 4.69) is 16.0 Å². The van der Waals surface area contributed by atoms with Crippen LogP contribution in [0.4, 0.5) is 4.79 Å². The van der Waals surface area contributed by atoms with E-state index in [1.807, 2.05) is 30.3 Å². The molecule has 2 atom stereocenters. The maximum atomic E-state index is 13.2. The second-order valence-corrected chi connectivity index (χ2v) is 10.7. The summed E-state index contributed by atoms with van der Waals surface area (Å²) in [5.41, 5.74) is 0.272. The molecular formula is C28H42N4O7. The molecule has 1 fully saturated rings. The molecule has 39 heavy (non-hydrogen) atoms. The van der Waals surface area contributed by atoms with Crippen molar-refractivity contribution >= 4 is 29.8 Å². The van der Waals surface area contributed by atoms with Crippen molar-refractivity contribution in [3.05, 3.63) is 35.9 Å². The molecule has 0 saturated carbocycles. The molecule has 216 valence electrons. The van der Waals surface area contributed by atoms with Crippen LogP contribution in [-0.4, -0.2) is 72.5 Å². The average molecular weight is 547 g/mol. The SMILES string of the molecule is CC(=O)N[C@@H](CCCCNC(=O)OC(C)(C)C)C(=O)N1CCCC(C(=O)NCC(=O)OCc2ccccc2)C1. The highest BCUT2D eigenvalue weighted by Crippen LogP contribution is 2.19. The van der Waals surface area contributed by atoms with E-state index in [0.29, 0.717) is 45.2 Å². The van der Waals surface area contributed by atoms with Gasteiger partial charge in [0, 0.05) is 26.6 Å². The topological polar surface area (TPSA) is 143 Å². The molecule has 1 heterocycles. The fourth-order valence-electron chi connectivity index (χ4n) is 4.19. The van der Waals surface area contributed by atoms with Gasteiger partial charge in [-0.3, -0.25) is 19.2 Å². The molecule has 0 radical (unpaired) electrons. The summed E-state index contributed by atoms with van der Waals surface area (Å²) in [5, 5.41) is 8.01. The van der Waals surface area contributed by atoms with Gasteiger partial charge in [-0.2, -0.15) is 0 Å². The summed E-state index contributed by atoms with van der Waals surface area (Å²) >= 11 is 0. The summed E-state index contributed by atoms with van der Waals surface area (Å²) in [6, 6.07) is 8.53. The number of unbranched alkanes of at least 4 members (excludes halogenated alkanes) is 1. The van der Waals surface area contributed by atoms with E-state index in [4.69, 9.17) is 9.47 Å². The molecular weight excluding hydrogens is 504 g/mol. The largest absolute Gasteiger partial charge is 0.460 e. The van der Waals surface area contributed by atoms with Gasteiger partial charge in [0.2, 0.25) is 17.7 Å². The number of carbonyl (C=O) groups excluding carboxylic acids is 5. The van der Waals surface area contributed by atoms with Gasteiger partial charge in [-0.25, -0.2) is 4.79 Å². The van der Waals surface area contributed by atoms with Crippen LogP contribution >= 0.6 is 0 Å². The van der Waals surface area contributed by atoms with E-state index in [1.165, 1.54) is 6.92 Å². The minimum Gasteiger partial charge on any atom is -0.460 e. The molecule has 1 unspecified atom stereocenters. The average Bonchev–Trinajstić information content (AvgIpc) is 2.88. The first kappa shape index (κ1) is 31.6. The van der Waals surface area contributed by atoms with Crippen LogP contribution in [0.1, 0.15) is 65.4 Å². The van der Waals surface area contributed by atoms with Crippen LogP contribution in [0.5, 0.6) is 0 Å². The second kappa shape index (κ2) is 15.7. The molecule has 11 heteroatoms. The molecule has 0 spiro atoms.